The van der Waals surface area contributed by atoms with Crippen molar-refractivity contribution < 1.29 is 52.1 Å². The first kappa shape index (κ1) is 28.5. The smallest absolute Gasteiger partial charge is 0.478 e. The van der Waals surface area contributed by atoms with Crippen LogP contribution in [0.2, 0.25) is 0 Å². The molecule has 4 rings (SSSR count). The average molecular weight is 592 g/mol. The topological polar surface area (TPSA) is 316 Å². The van der Waals surface area contributed by atoms with Crippen LogP contribution in [0.15, 0.2) is 35.1 Å². The molecule has 21 nitrogen and oxygen atoms in total. The van der Waals surface area contributed by atoms with E-state index in [9.17, 15) is 28.9 Å². The van der Waals surface area contributed by atoms with Gasteiger partial charge in [-0.3, -0.25) is 9.09 Å². The molecule has 8 N–H and O–H groups in total. The molecular formula is C16H18N8O13P2. The minimum Gasteiger partial charge on any atom is -0.478 e. The molecule has 0 saturated carbocycles. The maximum Gasteiger partial charge on any atom is 0.481 e. The molecule has 1 aliphatic rings. The third kappa shape index (κ3) is 6.07. The van der Waals surface area contributed by atoms with E-state index < -0.39 is 64.0 Å². The van der Waals surface area contributed by atoms with E-state index in [1.807, 2.05) is 0 Å². The molecule has 1 aromatic carbocycles. The van der Waals surface area contributed by atoms with Crippen molar-refractivity contribution in [1.29, 1.82) is 0 Å². The number of nitroso groups, excluding NO2 is 2. The molecule has 3 heterocycles. The van der Waals surface area contributed by atoms with E-state index in [2.05, 4.69) is 39.0 Å². The van der Waals surface area contributed by atoms with Crippen molar-refractivity contribution in [2.75, 3.05) is 12.3 Å². The van der Waals surface area contributed by atoms with Crippen LogP contribution in [0.25, 0.3) is 11.2 Å². The zero-order chi connectivity index (χ0) is 28.5. The number of aliphatic hydroxyl groups excluding tert-OH is 1. The van der Waals surface area contributed by atoms with Crippen LogP contribution in [-0.4, -0.2) is 64.2 Å². The lowest BCUT2D eigenvalue weighted by molar-refractivity contribution is -0.0497. The van der Waals surface area contributed by atoms with Crippen molar-refractivity contribution in [2.45, 2.75) is 24.5 Å². The van der Waals surface area contributed by atoms with E-state index in [0.717, 1.165) is 18.5 Å². The van der Waals surface area contributed by atoms with Crippen LogP contribution in [0.5, 0.6) is 11.5 Å². The van der Waals surface area contributed by atoms with E-state index in [-0.39, 0.29) is 22.7 Å². The van der Waals surface area contributed by atoms with Crippen LogP contribution in [0, 0.1) is 9.81 Å². The van der Waals surface area contributed by atoms with Gasteiger partial charge in [0.05, 0.1) is 12.9 Å². The molecule has 23 heteroatoms. The van der Waals surface area contributed by atoms with Crippen LogP contribution in [0.4, 0.5) is 17.2 Å². The third-order valence-corrected chi connectivity index (χ3v) is 7.34. The molecule has 210 valence electrons. The lowest BCUT2D eigenvalue weighted by Crippen LogP contribution is -2.39. The molecule has 1 aliphatic heterocycles. The first-order valence-electron chi connectivity index (χ1n) is 10.3. The minimum atomic E-state index is -5.45. The number of nitrogen functional groups attached to an aromatic ring is 1. The van der Waals surface area contributed by atoms with E-state index in [1.54, 1.807) is 0 Å². The molecule has 0 amide bonds. The molecule has 2 unspecified atom stereocenters. The van der Waals surface area contributed by atoms with Crippen LogP contribution >= 0.6 is 15.6 Å². The second-order valence-corrected chi connectivity index (χ2v) is 10.5. The fourth-order valence-electron chi connectivity index (χ4n) is 3.65. The molecule has 5 atom stereocenters. The van der Waals surface area contributed by atoms with Crippen molar-refractivity contribution >= 4 is 44.0 Å². The van der Waals surface area contributed by atoms with Gasteiger partial charge in [-0.25, -0.2) is 24.1 Å². The number of hydrogen-bond donors (Lipinski definition) is 6. The van der Waals surface area contributed by atoms with Crippen LogP contribution in [0.1, 0.15) is 6.23 Å². The molecule has 3 aromatic rings. The maximum absolute atomic E-state index is 12.0. The predicted molar refractivity (Wildman–Crippen MR) is 125 cm³/mol. The van der Waals surface area contributed by atoms with Gasteiger partial charge >= 0.3 is 15.6 Å². The lowest BCUT2D eigenvalue weighted by Gasteiger charge is -2.23. The number of phosphoric acid groups is 2. The Labute approximate surface area is 215 Å². The number of hydrogen-bond acceptors (Lipinski definition) is 17. The quantitative estimate of drug-likeness (QED) is 0.0995. The van der Waals surface area contributed by atoms with Gasteiger partial charge in [0, 0.05) is 12.1 Å². The van der Waals surface area contributed by atoms with Gasteiger partial charge in [-0.15, -0.1) is 9.81 Å². The Morgan fingerprint density at radius 1 is 1.13 bits per heavy atom. The molecule has 0 radical (unpaired) electrons. The number of benzene rings is 1. The van der Waals surface area contributed by atoms with Crippen LogP contribution in [0.3, 0.4) is 0 Å². The molecule has 2 aromatic heterocycles. The first-order chi connectivity index (χ1) is 18.4. The SMILES string of the molecule is NOc1cc(N=O)cc(N=O)c1OC1[C@@H](COP(=O)(O)OP(=O)(O)O)O[C@@H](n2cnc3c(N)ncnc32)[C@H]1O. The van der Waals surface area contributed by atoms with E-state index >= 15 is 0 Å². The van der Waals surface area contributed by atoms with Crippen molar-refractivity contribution in [1.82, 2.24) is 19.5 Å². The zero-order valence-electron chi connectivity index (χ0n) is 19.0. The standard InChI is InChI=1S/C16H18N8O13P2/c17-14-10-15(20-4-19-14)24(5-21-10)16-11(25)13(9(34-16)3-33-39(31,32)37-38(28,29)30)35-12-7(23-27)1-6(22-26)2-8(12)36-18/h1-2,4-5,9,11,13,16,25H,3,18H2,(H,31,32)(H2,17,19,20)(H2,28,29,30)/t9-,11+,13?,16-/m1/s1. The number of anilines is 1. The number of ether oxygens (including phenoxy) is 2. The summed E-state index contributed by atoms with van der Waals surface area (Å²) in [6, 6.07) is 1.91. The minimum absolute atomic E-state index is 0.00466. The van der Waals surface area contributed by atoms with Gasteiger partial charge in [-0.1, -0.05) is 0 Å². The fraction of sp³-hybridized carbons (Fsp3) is 0.312. The fourth-order valence-corrected chi connectivity index (χ4v) is 5.25. The Morgan fingerprint density at radius 3 is 2.51 bits per heavy atom. The summed E-state index contributed by atoms with van der Waals surface area (Å²) >= 11 is 0. The van der Waals surface area contributed by atoms with Gasteiger partial charge in [0.2, 0.25) is 0 Å². The van der Waals surface area contributed by atoms with Crippen LogP contribution in [-0.2, 0) is 22.7 Å². The molecule has 0 bridgehead atoms. The highest BCUT2D eigenvalue weighted by molar-refractivity contribution is 7.60. The largest absolute Gasteiger partial charge is 0.481 e. The molecule has 1 fully saturated rings. The van der Waals surface area contributed by atoms with Crippen LogP contribution < -0.4 is 21.2 Å². The molecule has 0 spiro atoms. The molecule has 1 saturated heterocycles. The van der Waals surface area contributed by atoms with Crippen molar-refractivity contribution in [3.8, 4) is 11.5 Å². The molecule has 39 heavy (non-hydrogen) atoms. The Balaban J connectivity index is 1.71. The Kier molecular flexibility index (Phi) is 8.00. The summed E-state index contributed by atoms with van der Waals surface area (Å²) in [5.41, 5.74) is 5.19. The summed E-state index contributed by atoms with van der Waals surface area (Å²) in [6.45, 7) is -0.966. The second-order valence-electron chi connectivity index (χ2n) is 7.65. The van der Waals surface area contributed by atoms with Gasteiger partial charge in [-0.05, 0) is 10.4 Å². The van der Waals surface area contributed by atoms with Crippen molar-refractivity contribution in [3.05, 3.63) is 34.6 Å². The number of rotatable bonds is 11. The Morgan fingerprint density at radius 2 is 1.87 bits per heavy atom. The van der Waals surface area contributed by atoms with Crippen molar-refractivity contribution in [3.63, 3.8) is 0 Å². The summed E-state index contributed by atoms with van der Waals surface area (Å²) in [6.07, 6.45) is -3.89. The Bertz CT molecular complexity index is 1500. The summed E-state index contributed by atoms with van der Waals surface area (Å²) in [5, 5.41) is 16.5. The molecular weight excluding hydrogens is 574 g/mol. The highest BCUT2D eigenvalue weighted by Gasteiger charge is 2.49. The number of aliphatic hydroxyl groups is 1. The van der Waals surface area contributed by atoms with E-state index in [0.29, 0.717) is 0 Å². The highest BCUT2D eigenvalue weighted by atomic mass is 31.3. The summed E-state index contributed by atoms with van der Waals surface area (Å²) in [4.78, 5) is 66.2. The van der Waals surface area contributed by atoms with E-state index in [1.165, 1.54) is 10.9 Å². The van der Waals surface area contributed by atoms with Gasteiger partial charge < -0.3 is 39.8 Å². The predicted octanol–water partition coefficient (Wildman–Crippen LogP) is 0.389. The van der Waals surface area contributed by atoms with Crippen molar-refractivity contribution in [2.24, 2.45) is 16.3 Å². The lowest BCUT2D eigenvalue weighted by atomic mass is 10.1. The monoisotopic (exact) mass is 592 g/mol. The average Bonchev–Trinajstić information content (AvgIpc) is 3.43. The first-order valence-corrected chi connectivity index (χ1v) is 13.3. The Hall–Kier alpha value is -3.49. The normalized spacial score (nSPS) is 22.9. The molecule has 0 aliphatic carbocycles. The van der Waals surface area contributed by atoms with E-state index in [4.69, 9.17) is 30.9 Å². The maximum atomic E-state index is 12.0. The van der Waals surface area contributed by atoms with Gasteiger partial charge in [-0.2, -0.15) is 10.2 Å². The zero-order valence-corrected chi connectivity index (χ0v) is 20.8. The summed E-state index contributed by atoms with van der Waals surface area (Å²) in [7, 11) is -10.8. The van der Waals surface area contributed by atoms with Gasteiger partial charge in [0.25, 0.3) is 0 Å². The van der Waals surface area contributed by atoms with Gasteiger partial charge in [0.15, 0.2) is 41.0 Å². The number of fused-ring (bicyclic) bond motifs is 1. The number of aromatic nitrogens is 4. The second kappa shape index (κ2) is 10.9. The highest BCUT2D eigenvalue weighted by Crippen LogP contribution is 2.58. The van der Waals surface area contributed by atoms with Gasteiger partial charge in [0.1, 0.15) is 29.7 Å². The number of phosphoric ester groups is 1. The third-order valence-electron chi connectivity index (χ3n) is 5.19. The summed E-state index contributed by atoms with van der Waals surface area (Å²) < 4.78 is 44.1. The number of nitrogens with zero attached hydrogens (tertiary/aromatic N) is 6. The number of nitrogens with two attached hydrogens (primary N) is 2. The summed E-state index contributed by atoms with van der Waals surface area (Å²) in [5.74, 6) is 4.32. The number of imidazole rings is 1.